The molecule has 110 valence electrons. The van der Waals surface area contributed by atoms with E-state index in [0.717, 1.165) is 37.4 Å². The molecule has 1 saturated heterocycles. The molecule has 0 aliphatic carbocycles. The lowest BCUT2D eigenvalue weighted by atomic mass is 9.97. The summed E-state index contributed by atoms with van der Waals surface area (Å²) in [7, 11) is 1.91. The third-order valence-corrected chi connectivity index (χ3v) is 4.35. The zero-order valence-electron chi connectivity index (χ0n) is 12.2. The lowest BCUT2D eigenvalue weighted by Gasteiger charge is -2.31. The molecular formula is C16H23ClN2O. The second kappa shape index (κ2) is 7.09. The minimum atomic E-state index is 0.140. The van der Waals surface area contributed by atoms with Gasteiger partial charge in [-0.15, -0.1) is 0 Å². The molecule has 2 unspecified atom stereocenters. The predicted molar refractivity (Wildman–Crippen MR) is 83.0 cm³/mol. The Labute approximate surface area is 126 Å². The van der Waals surface area contributed by atoms with E-state index in [9.17, 15) is 4.79 Å². The third-order valence-electron chi connectivity index (χ3n) is 4.10. The molecule has 0 radical (unpaired) electrons. The Kier molecular flexibility index (Phi) is 5.44. The van der Waals surface area contributed by atoms with Crippen molar-refractivity contribution in [1.29, 1.82) is 0 Å². The van der Waals surface area contributed by atoms with E-state index in [1.165, 1.54) is 5.56 Å². The first kappa shape index (κ1) is 15.3. The highest BCUT2D eigenvalue weighted by atomic mass is 35.5. The summed E-state index contributed by atoms with van der Waals surface area (Å²) >= 11 is 5.89. The summed E-state index contributed by atoms with van der Waals surface area (Å²) in [6.07, 6.45) is 2.96. The molecule has 1 heterocycles. The Morgan fingerprint density at radius 3 is 2.75 bits per heavy atom. The molecule has 1 aliphatic heterocycles. The lowest BCUT2D eigenvalue weighted by molar-refractivity contribution is -0.136. The summed E-state index contributed by atoms with van der Waals surface area (Å²) in [5, 5.41) is 4.05. The van der Waals surface area contributed by atoms with Crippen LogP contribution < -0.4 is 5.32 Å². The van der Waals surface area contributed by atoms with Gasteiger partial charge in [0.1, 0.15) is 0 Å². The van der Waals surface area contributed by atoms with Crippen LogP contribution in [0, 0.1) is 5.92 Å². The van der Waals surface area contributed by atoms with Crippen LogP contribution in [0.1, 0.15) is 25.3 Å². The number of hydrogen-bond acceptors (Lipinski definition) is 2. The van der Waals surface area contributed by atoms with Crippen LogP contribution in [-0.2, 0) is 11.2 Å². The van der Waals surface area contributed by atoms with Crippen LogP contribution in [0.15, 0.2) is 24.3 Å². The molecule has 1 aromatic rings. The largest absolute Gasteiger partial charge is 0.342 e. The second-order valence-electron chi connectivity index (χ2n) is 5.67. The molecule has 1 aromatic carbocycles. The molecule has 0 bridgehead atoms. The van der Waals surface area contributed by atoms with E-state index in [1.807, 2.05) is 36.2 Å². The van der Waals surface area contributed by atoms with E-state index < -0.39 is 0 Å². The Morgan fingerprint density at radius 1 is 1.45 bits per heavy atom. The van der Waals surface area contributed by atoms with Gasteiger partial charge in [-0.2, -0.15) is 0 Å². The highest BCUT2D eigenvalue weighted by molar-refractivity contribution is 6.30. The zero-order chi connectivity index (χ0) is 14.5. The van der Waals surface area contributed by atoms with Crippen molar-refractivity contribution in [3.05, 3.63) is 34.9 Å². The third kappa shape index (κ3) is 3.97. The molecule has 0 saturated carbocycles. The summed E-state index contributed by atoms with van der Waals surface area (Å²) in [6.45, 7) is 3.95. The number of benzene rings is 1. The molecule has 20 heavy (non-hydrogen) atoms. The first-order valence-electron chi connectivity index (χ1n) is 7.29. The van der Waals surface area contributed by atoms with Crippen molar-refractivity contribution in [2.45, 2.75) is 32.2 Å². The minimum Gasteiger partial charge on any atom is -0.342 e. The van der Waals surface area contributed by atoms with Crippen LogP contribution in [0.2, 0.25) is 5.02 Å². The van der Waals surface area contributed by atoms with Gasteiger partial charge in [-0.25, -0.2) is 0 Å². The first-order valence-corrected chi connectivity index (χ1v) is 7.67. The van der Waals surface area contributed by atoms with Crippen LogP contribution in [0.3, 0.4) is 0 Å². The molecule has 0 aromatic heterocycles. The van der Waals surface area contributed by atoms with Gasteiger partial charge in [0.05, 0.1) is 5.92 Å². The van der Waals surface area contributed by atoms with Crippen LogP contribution in [0.4, 0.5) is 0 Å². The average molecular weight is 295 g/mol. The maximum absolute atomic E-state index is 12.4. The van der Waals surface area contributed by atoms with Crippen LogP contribution in [-0.4, -0.2) is 37.0 Å². The molecule has 4 heteroatoms. The first-order chi connectivity index (χ1) is 9.58. The quantitative estimate of drug-likeness (QED) is 0.926. The van der Waals surface area contributed by atoms with Crippen LogP contribution in [0.25, 0.3) is 0 Å². The van der Waals surface area contributed by atoms with E-state index in [4.69, 9.17) is 11.6 Å². The maximum Gasteiger partial charge on any atom is 0.226 e. The SMILES string of the molecule is CC(Cc1ccc(Cl)cc1)N(C)C(=O)C1CCCNC1. The molecular weight excluding hydrogens is 272 g/mol. The highest BCUT2D eigenvalue weighted by Gasteiger charge is 2.26. The Bertz CT molecular complexity index is 440. The van der Waals surface area contributed by atoms with Gasteiger partial charge in [0.2, 0.25) is 5.91 Å². The number of hydrogen-bond donors (Lipinski definition) is 1. The molecule has 1 amide bonds. The van der Waals surface area contributed by atoms with Gasteiger partial charge < -0.3 is 10.2 Å². The van der Waals surface area contributed by atoms with E-state index >= 15 is 0 Å². The van der Waals surface area contributed by atoms with Gasteiger partial charge in [0.15, 0.2) is 0 Å². The number of likely N-dealkylation sites (N-methyl/N-ethyl adjacent to an activating group) is 1. The standard InChI is InChI=1S/C16H23ClN2O/c1-12(10-13-5-7-15(17)8-6-13)19(2)16(20)14-4-3-9-18-11-14/h5-8,12,14,18H,3-4,9-11H2,1-2H3. The fourth-order valence-corrected chi connectivity index (χ4v) is 2.79. The maximum atomic E-state index is 12.4. The topological polar surface area (TPSA) is 32.3 Å². The monoisotopic (exact) mass is 294 g/mol. The molecule has 1 N–H and O–H groups in total. The normalized spacial score (nSPS) is 20.4. The number of nitrogens with zero attached hydrogens (tertiary/aromatic N) is 1. The average Bonchev–Trinajstić information content (AvgIpc) is 2.49. The fraction of sp³-hybridized carbons (Fsp3) is 0.562. The smallest absolute Gasteiger partial charge is 0.226 e. The summed E-state index contributed by atoms with van der Waals surface area (Å²) < 4.78 is 0. The Hall–Kier alpha value is -1.06. The number of carbonyl (C=O) groups is 1. The molecule has 0 spiro atoms. The van der Waals surface area contributed by atoms with Gasteiger partial charge in [0.25, 0.3) is 0 Å². The fourth-order valence-electron chi connectivity index (χ4n) is 2.67. The van der Waals surface area contributed by atoms with E-state index in [-0.39, 0.29) is 17.9 Å². The van der Waals surface area contributed by atoms with Gasteiger partial charge in [-0.3, -0.25) is 4.79 Å². The molecule has 1 aliphatic rings. The molecule has 2 atom stereocenters. The van der Waals surface area contributed by atoms with Gasteiger partial charge >= 0.3 is 0 Å². The Morgan fingerprint density at radius 2 is 2.15 bits per heavy atom. The van der Waals surface area contributed by atoms with E-state index in [2.05, 4.69) is 12.2 Å². The molecule has 1 fully saturated rings. The van der Waals surface area contributed by atoms with Crippen molar-refractivity contribution in [3.8, 4) is 0 Å². The van der Waals surface area contributed by atoms with Crippen molar-refractivity contribution in [2.75, 3.05) is 20.1 Å². The van der Waals surface area contributed by atoms with Crippen molar-refractivity contribution in [3.63, 3.8) is 0 Å². The van der Waals surface area contributed by atoms with Gasteiger partial charge in [0, 0.05) is 24.7 Å². The number of rotatable bonds is 4. The Balaban J connectivity index is 1.91. The van der Waals surface area contributed by atoms with Crippen molar-refractivity contribution in [1.82, 2.24) is 10.2 Å². The summed E-state index contributed by atoms with van der Waals surface area (Å²) in [5.41, 5.74) is 1.21. The van der Waals surface area contributed by atoms with Gasteiger partial charge in [-0.1, -0.05) is 23.7 Å². The lowest BCUT2D eigenvalue weighted by Crippen LogP contribution is -2.45. The highest BCUT2D eigenvalue weighted by Crippen LogP contribution is 2.17. The summed E-state index contributed by atoms with van der Waals surface area (Å²) in [5.74, 6) is 0.403. The summed E-state index contributed by atoms with van der Waals surface area (Å²) in [6, 6.07) is 8.05. The van der Waals surface area contributed by atoms with Crippen molar-refractivity contribution < 1.29 is 4.79 Å². The molecule has 2 rings (SSSR count). The summed E-state index contributed by atoms with van der Waals surface area (Å²) in [4.78, 5) is 14.3. The van der Waals surface area contributed by atoms with Gasteiger partial charge in [-0.05, 0) is 50.4 Å². The second-order valence-corrected chi connectivity index (χ2v) is 6.11. The zero-order valence-corrected chi connectivity index (χ0v) is 13.0. The number of nitrogens with one attached hydrogen (secondary N) is 1. The van der Waals surface area contributed by atoms with Crippen LogP contribution >= 0.6 is 11.6 Å². The van der Waals surface area contributed by atoms with Crippen LogP contribution in [0.5, 0.6) is 0 Å². The van der Waals surface area contributed by atoms with Crippen molar-refractivity contribution >= 4 is 17.5 Å². The predicted octanol–water partition coefficient (Wildman–Crippen LogP) is 2.73. The minimum absolute atomic E-state index is 0.140. The van der Waals surface area contributed by atoms with Crippen molar-refractivity contribution in [2.24, 2.45) is 5.92 Å². The molecule has 3 nitrogen and oxygen atoms in total. The number of carbonyl (C=O) groups excluding carboxylic acids is 1. The number of piperidine rings is 1. The number of amides is 1. The van der Waals surface area contributed by atoms with E-state index in [0.29, 0.717) is 0 Å². The van der Waals surface area contributed by atoms with E-state index in [1.54, 1.807) is 0 Å². The number of halogens is 1.